The monoisotopic (exact) mass is 448 g/mol. The van der Waals surface area contributed by atoms with Crippen LogP contribution in [0.2, 0.25) is 0 Å². The van der Waals surface area contributed by atoms with Crippen molar-refractivity contribution >= 4 is 22.5 Å². The maximum atomic E-state index is 14.4. The molecule has 0 N–H and O–H groups in total. The number of nitrogens with zero attached hydrogens (tertiary/aromatic N) is 6. The number of hydrogen-bond acceptors (Lipinski definition) is 5. The van der Waals surface area contributed by atoms with Gasteiger partial charge in [-0.05, 0) is 38.1 Å². The van der Waals surface area contributed by atoms with Crippen LogP contribution >= 0.6 is 0 Å². The second-order valence-corrected chi connectivity index (χ2v) is 8.19. The van der Waals surface area contributed by atoms with Crippen molar-refractivity contribution in [3.63, 3.8) is 0 Å². The number of rotatable bonds is 3. The number of fused-ring (bicyclic) bond motifs is 1. The standard InChI is InChI=1S/C24H22F2N6O/c1-14-13-31(10-11-32(14)15(2)21-17(25)6-5-7-18(21)26)23-16(12-27)24(33)30(4)19-8-9-20(28-3)29-22(19)23/h5-9,14-15H,10-11,13H2,1-2,4H3/t14-,15?/m1/s1. The van der Waals surface area contributed by atoms with E-state index in [9.17, 15) is 18.8 Å². The molecule has 0 spiro atoms. The molecule has 1 aliphatic heterocycles. The number of halogens is 2. The van der Waals surface area contributed by atoms with Crippen LogP contribution in [0.5, 0.6) is 0 Å². The van der Waals surface area contributed by atoms with E-state index in [4.69, 9.17) is 6.57 Å². The highest BCUT2D eigenvalue weighted by Crippen LogP contribution is 2.33. The number of aryl methyl sites for hydroxylation is 1. The molecule has 3 heterocycles. The topological polar surface area (TPSA) is 69.5 Å². The van der Waals surface area contributed by atoms with Crippen LogP contribution in [0.25, 0.3) is 15.9 Å². The average Bonchev–Trinajstić information content (AvgIpc) is 2.80. The number of aromatic nitrogens is 2. The zero-order valence-electron chi connectivity index (χ0n) is 18.5. The minimum Gasteiger partial charge on any atom is -0.364 e. The van der Waals surface area contributed by atoms with Gasteiger partial charge in [-0.15, -0.1) is 4.98 Å². The molecule has 0 radical (unpaired) electrons. The Hall–Kier alpha value is -3.82. The molecular weight excluding hydrogens is 426 g/mol. The molecule has 168 valence electrons. The third-order valence-electron chi connectivity index (χ3n) is 6.34. The van der Waals surface area contributed by atoms with Gasteiger partial charge < -0.3 is 14.3 Å². The fourth-order valence-corrected chi connectivity index (χ4v) is 4.68. The molecule has 3 aromatic rings. The minimum absolute atomic E-state index is 0.0258. The lowest BCUT2D eigenvalue weighted by Gasteiger charge is -2.44. The SMILES string of the molecule is [C-]#[N+]c1ccc2c(n1)c(N1CCN(C(C)c3c(F)cccc3F)[C@H](C)C1)c(C#N)c(=O)n2C. The van der Waals surface area contributed by atoms with Gasteiger partial charge in [-0.3, -0.25) is 9.69 Å². The van der Waals surface area contributed by atoms with Crippen LogP contribution in [-0.4, -0.2) is 40.1 Å². The Morgan fingerprint density at radius 3 is 2.55 bits per heavy atom. The minimum atomic E-state index is -0.586. The number of nitriles is 1. The van der Waals surface area contributed by atoms with Crippen molar-refractivity contribution in [2.45, 2.75) is 25.9 Å². The normalized spacial score (nSPS) is 17.5. The molecule has 1 saturated heterocycles. The van der Waals surface area contributed by atoms with Gasteiger partial charge in [0.05, 0.1) is 5.52 Å². The van der Waals surface area contributed by atoms with Crippen LogP contribution in [-0.2, 0) is 7.05 Å². The molecule has 33 heavy (non-hydrogen) atoms. The van der Waals surface area contributed by atoms with Crippen LogP contribution in [0, 0.1) is 29.5 Å². The van der Waals surface area contributed by atoms with Crippen molar-refractivity contribution in [2.75, 3.05) is 24.5 Å². The summed E-state index contributed by atoms with van der Waals surface area (Å²) in [7, 11) is 1.57. The van der Waals surface area contributed by atoms with Gasteiger partial charge in [-0.2, -0.15) is 5.26 Å². The predicted molar refractivity (Wildman–Crippen MR) is 121 cm³/mol. The first-order chi connectivity index (χ1) is 15.8. The zero-order valence-corrected chi connectivity index (χ0v) is 18.5. The molecule has 7 nitrogen and oxygen atoms in total. The molecule has 2 atom stereocenters. The third kappa shape index (κ3) is 3.71. The van der Waals surface area contributed by atoms with Crippen LogP contribution in [0.3, 0.4) is 0 Å². The summed E-state index contributed by atoms with van der Waals surface area (Å²) in [5, 5.41) is 9.78. The highest BCUT2D eigenvalue weighted by molar-refractivity contribution is 5.92. The lowest BCUT2D eigenvalue weighted by atomic mass is 10.0. The Morgan fingerprint density at radius 2 is 1.94 bits per heavy atom. The largest absolute Gasteiger partial charge is 0.364 e. The zero-order chi connectivity index (χ0) is 23.9. The van der Waals surface area contributed by atoms with E-state index in [1.807, 2.05) is 22.8 Å². The van der Waals surface area contributed by atoms with E-state index in [2.05, 4.69) is 9.83 Å². The van der Waals surface area contributed by atoms with E-state index in [1.165, 1.54) is 28.8 Å². The Morgan fingerprint density at radius 1 is 1.24 bits per heavy atom. The lowest BCUT2D eigenvalue weighted by Crippen LogP contribution is -2.53. The van der Waals surface area contributed by atoms with Crippen molar-refractivity contribution in [2.24, 2.45) is 7.05 Å². The van der Waals surface area contributed by atoms with E-state index in [-0.39, 0.29) is 23.0 Å². The molecule has 0 amide bonds. The van der Waals surface area contributed by atoms with Crippen molar-refractivity contribution in [1.82, 2.24) is 14.5 Å². The lowest BCUT2D eigenvalue weighted by molar-refractivity contribution is 0.133. The molecule has 4 rings (SSSR count). The van der Waals surface area contributed by atoms with Crippen molar-refractivity contribution < 1.29 is 8.78 Å². The molecule has 2 aromatic heterocycles. The highest BCUT2D eigenvalue weighted by atomic mass is 19.1. The molecule has 1 aromatic carbocycles. The number of pyridine rings is 2. The summed E-state index contributed by atoms with van der Waals surface area (Å²) in [6.45, 7) is 12.3. The summed E-state index contributed by atoms with van der Waals surface area (Å²) in [6.07, 6.45) is 0. The summed E-state index contributed by atoms with van der Waals surface area (Å²) in [5.41, 5.74) is 0.896. The summed E-state index contributed by atoms with van der Waals surface area (Å²) in [4.78, 5) is 24.6. The van der Waals surface area contributed by atoms with Gasteiger partial charge in [0.15, 0.2) is 0 Å². The first kappa shape index (κ1) is 22.4. The number of piperazine rings is 1. The quantitative estimate of drug-likeness (QED) is 0.569. The molecule has 0 aliphatic carbocycles. The number of benzene rings is 1. The average molecular weight is 448 g/mol. The Balaban J connectivity index is 1.75. The molecule has 0 saturated carbocycles. The number of anilines is 1. The van der Waals surface area contributed by atoms with Crippen molar-refractivity contribution in [3.8, 4) is 6.07 Å². The van der Waals surface area contributed by atoms with Gasteiger partial charge in [-0.25, -0.2) is 8.78 Å². The fourth-order valence-electron chi connectivity index (χ4n) is 4.68. The first-order valence-corrected chi connectivity index (χ1v) is 10.5. The van der Waals surface area contributed by atoms with Crippen LogP contribution in [0.4, 0.5) is 20.3 Å². The second kappa shape index (κ2) is 8.61. The predicted octanol–water partition coefficient (Wildman–Crippen LogP) is 3.91. The summed E-state index contributed by atoms with van der Waals surface area (Å²) >= 11 is 0. The first-order valence-electron chi connectivity index (χ1n) is 10.5. The van der Waals surface area contributed by atoms with Gasteiger partial charge in [0.1, 0.15) is 29.0 Å². The molecule has 1 unspecified atom stereocenters. The Bertz CT molecular complexity index is 1370. The van der Waals surface area contributed by atoms with E-state index in [1.54, 1.807) is 20.0 Å². The number of hydrogen-bond donors (Lipinski definition) is 0. The highest BCUT2D eigenvalue weighted by Gasteiger charge is 2.33. The van der Waals surface area contributed by atoms with Crippen LogP contribution in [0.15, 0.2) is 35.1 Å². The summed E-state index contributed by atoms with van der Waals surface area (Å²) < 4.78 is 30.1. The van der Waals surface area contributed by atoms with Gasteiger partial charge >= 0.3 is 0 Å². The smallest absolute Gasteiger partial charge is 0.271 e. The molecule has 1 fully saturated rings. The van der Waals surface area contributed by atoms with E-state index in [0.29, 0.717) is 36.4 Å². The molecule has 1 aliphatic rings. The molecule has 9 heteroatoms. The third-order valence-corrected chi connectivity index (χ3v) is 6.34. The maximum Gasteiger partial charge on any atom is 0.271 e. The summed E-state index contributed by atoms with van der Waals surface area (Å²) in [6, 6.07) is 8.43. The van der Waals surface area contributed by atoms with E-state index >= 15 is 0 Å². The van der Waals surface area contributed by atoms with Crippen LogP contribution in [0.1, 0.15) is 31.0 Å². The Kier molecular flexibility index (Phi) is 5.84. The Labute approximate surface area is 189 Å². The van der Waals surface area contributed by atoms with E-state index in [0.717, 1.165) is 0 Å². The van der Waals surface area contributed by atoms with Crippen molar-refractivity contribution in [1.29, 1.82) is 5.26 Å². The van der Waals surface area contributed by atoms with Gasteiger partial charge in [-0.1, -0.05) is 12.6 Å². The summed E-state index contributed by atoms with van der Waals surface area (Å²) in [5.74, 6) is -1.00. The van der Waals surface area contributed by atoms with Gasteiger partial charge in [0.25, 0.3) is 11.4 Å². The van der Waals surface area contributed by atoms with Gasteiger partial charge in [0.2, 0.25) is 5.52 Å². The van der Waals surface area contributed by atoms with Gasteiger partial charge in [0, 0.05) is 44.3 Å². The molecule has 0 bridgehead atoms. The molecular formula is C24H22F2N6O. The second-order valence-electron chi connectivity index (χ2n) is 8.19. The maximum absolute atomic E-state index is 14.4. The van der Waals surface area contributed by atoms with E-state index < -0.39 is 23.2 Å². The van der Waals surface area contributed by atoms with Crippen LogP contribution < -0.4 is 10.5 Å². The van der Waals surface area contributed by atoms with Crippen molar-refractivity contribution in [3.05, 3.63) is 74.9 Å². The fraction of sp³-hybridized carbons (Fsp3) is 0.333.